The van der Waals surface area contributed by atoms with Crippen molar-refractivity contribution < 1.29 is 9.90 Å². The summed E-state index contributed by atoms with van der Waals surface area (Å²) in [6, 6.07) is 7.95. The van der Waals surface area contributed by atoms with Gasteiger partial charge in [-0.3, -0.25) is 9.69 Å². The molecule has 1 saturated carbocycles. The van der Waals surface area contributed by atoms with E-state index in [4.69, 9.17) is 0 Å². The van der Waals surface area contributed by atoms with Gasteiger partial charge in [0.2, 0.25) is 5.91 Å². The minimum Gasteiger partial charge on any atom is -0.508 e. The third-order valence-electron chi connectivity index (χ3n) is 5.78. The molecule has 1 aromatic carbocycles. The number of aromatic hydroxyl groups is 1. The Bertz CT molecular complexity index is 535. The highest BCUT2D eigenvalue weighted by atomic mass is 16.3. The maximum Gasteiger partial charge on any atom is 0.234 e. The van der Waals surface area contributed by atoms with Crippen LogP contribution in [0.15, 0.2) is 24.3 Å². The second kappa shape index (κ2) is 8.02. The number of amides is 1. The van der Waals surface area contributed by atoms with E-state index in [1.165, 1.54) is 24.8 Å². The number of hydrogen-bond donors (Lipinski definition) is 2. The molecule has 1 aliphatic carbocycles. The highest BCUT2D eigenvalue weighted by Crippen LogP contribution is 2.29. The lowest BCUT2D eigenvalue weighted by atomic mass is 9.86. The fourth-order valence-electron chi connectivity index (χ4n) is 4.16. The molecule has 24 heavy (non-hydrogen) atoms. The lowest BCUT2D eigenvalue weighted by molar-refractivity contribution is -0.123. The highest BCUT2D eigenvalue weighted by Gasteiger charge is 2.25. The molecule has 2 N–H and O–H groups in total. The second-order valence-corrected chi connectivity index (χ2v) is 7.58. The number of phenols is 1. The van der Waals surface area contributed by atoms with Gasteiger partial charge < -0.3 is 10.4 Å². The zero-order valence-electron chi connectivity index (χ0n) is 14.7. The molecule has 0 aromatic heterocycles. The Morgan fingerprint density at radius 1 is 1.12 bits per heavy atom. The first kappa shape index (κ1) is 17.3. The number of nitrogens with one attached hydrogen (secondary N) is 1. The topological polar surface area (TPSA) is 52.6 Å². The molecule has 4 nitrogen and oxygen atoms in total. The van der Waals surface area contributed by atoms with Crippen LogP contribution in [0.3, 0.4) is 0 Å². The number of likely N-dealkylation sites (tertiary alicyclic amines) is 1. The summed E-state index contributed by atoms with van der Waals surface area (Å²) in [6.07, 6.45) is 7.08. The number of carbonyl (C=O) groups is 1. The van der Waals surface area contributed by atoms with Gasteiger partial charge in [0, 0.05) is 6.04 Å². The molecule has 0 bridgehead atoms. The van der Waals surface area contributed by atoms with Gasteiger partial charge in [-0.2, -0.15) is 0 Å². The Hall–Kier alpha value is -1.55. The Balaban J connectivity index is 1.43. The van der Waals surface area contributed by atoms with E-state index in [0.717, 1.165) is 32.4 Å². The molecule has 4 heteroatoms. The zero-order valence-corrected chi connectivity index (χ0v) is 14.7. The maximum atomic E-state index is 12.3. The van der Waals surface area contributed by atoms with Crippen molar-refractivity contribution in [1.29, 1.82) is 0 Å². The largest absolute Gasteiger partial charge is 0.508 e. The van der Waals surface area contributed by atoms with Crippen molar-refractivity contribution in [3.05, 3.63) is 29.8 Å². The fourth-order valence-corrected chi connectivity index (χ4v) is 4.16. The molecule has 1 heterocycles. The van der Waals surface area contributed by atoms with Crippen molar-refractivity contribution in [3.63, 3.8) is 0 Å². The quantitative estimate of drug-likeness (QED) is 0.891. The number of nitrogens with zero attached hydrogens (tertiary/aromatic N) is 1. The average molecular weight is 330 g/mol. The summed E-state index contributed by atoms with van der Waals surface area (Å²) in [5.41, 5.74) is 1.30. The minimum absolute atomic E-state index is 0.192. The van der Waals surface area contributed by atoms with E-state index in [-0.39, 0.29) is 5.91 Å². The summed E-state index contributed by atoms with van der Waals surface area (Å²) < 4.78 is 0. The number of piperidine rings is 1. The fraction of sp³-hybridized carbons (Fsp3) is 0.650. The SMILES string of the molecule is CC1CCCCC1NC(=O)CN1CCC(c2ccc(O)cc2)CC1. The average Bonchev–Trinajstić information content (AvgIpc) is 2.58. The van der Waals surface area contributed by atoms with Crippen molar-refractivity contribution in [2.24, 2.45) is 5.92 Å². The van der Waals surface area contributed by atoms with E-state index in [9.17, 15) is 9.90 Å². The van der Waals surface area contributed by atoms with Crippen molar-refractivity contribution in [1.82, 2.24) is 10.2 Å². The Labute approximate surface area is 145 Å². The van der Waals surface area contributed by atoms with E-state index >= 15 is 0 Å². The molecule has 2 fully saturated rings. The third-order valence-corrected chi connectivity index (χ3v) is 5.78. The summed E-state index contributed by atoms with van der Waals surface area (Å²) >= 11 is 0. The normalized spacial score (nSPS) is 26.2. The molecule has 132 valence electrons. The Kier molecular flexibility index (Phi) is 5.77. The van der Waals surface area contributed by atoms with Gasteiger partial charge in [-0.15, -0.1) is 0 Å². The first-order valence-electron chi connectivity index (χ1n) is 9.42. The summed E-state index contributed by atoms with van der Waals surface area (Å²) in [5.74, 6) is 1.67. The second-order valence-electron chi connectivity index (χ2n) is 7.58. The zero-order chi connectivity index (χ0) is 16.9. The molecule has 3 rings (SSSR count). The summed E-state index contributed by atoms with van der Waals surface area (Å²) in [7, 11) is 0. The van der Waals surface area contributed by atoms with Crippen LogP contribution in [0, 0.1) is 5.92 Å². The van der Waals surface area contributed by atoms with Gasteiger partial charge in [0.15, 0.2) is 0 Å². The first-order valence-corrected chi connectivity index (χ1v) is 9.42. The van der Waals surface area contributed by atoms with Crippen molar-refractivity contribution in [3.8, 4) is 5.75 Å². The van der Waals surface area contributed by atoms with Gasteiger partial charge in [-0.05, 0) is 68.3 Å². The Morgan fingerprint density at radius 3 is 2.46 bits per heavy atom. The van der Waals surface area contributed by atoms with Crippen LogP contribution in [0.4, 0.5) is 0 Å². The predicted molar refractivity (Wildman–Crippen MR) is 96.1 cm³/mol. The number of carbonyl (C=O) groups excluding carboxylic acids is 1. The van der Waals surface area contributed by atoms with E-state index in [0.29, 0.717) is 30.2 Å². The summed E-state index contributed by atoms with van der Waals surface area (Å²) in [6.45, 7) is 4.73. The minimum atomic E-state index is 0.192. The molecule has 1 aromatic rings. The number of phenolic OH excluding ortho intramolecular Hbond substituents is 1. The van der Waals surface area contributed by atoms with Crippen molar-refractivity contribution in [2.45, 2.75) is 57.4 Å². The van der Waals surface area contributed by atoms with Crippen LogP contribution in [-0.4, -0.2) is 41.6 Å². The maximum absolute atomic E-state index is 12.3. The molecule has 0 radical (unpaired) electrons. The highest BCUT2D eigenvalue weighted by molar-refractivity contribution is 5.78. The van der Waals surface area contributed by atoms with Gasteiger partial charge in [-0.25, -0.2) is 0 Å². The summed E-state index contributed by atoms with van der Waals surface area (Å²) in [4.78, 5) is 14.6. The molecule has 1 saturated heterocycles. The van der Waals surface area contributed by atoms with Crippen molar-refractivity contribution in [2.75, 3.05) is 19.6 Å². The lowest BCUT2D eigenvalue weighted by Gasteiger charge is -2.33. The molecular formula is C20H30N2O2. The van der Waals surface area contributed by atoms with Gasteiger partial charge in [-0.1, -0.05) is 31.9 Å². The molecule has 2 unspecified atom stereocenters. The third kappa shape index (κ3) is 4.50. The van der Waals surface area contributed by atoms with Gasteiger partial charge in [0.25, 0.3) is 0 Å². The standard InChI is InChI=1S/C20H30N2O2/c1-15-4-2-3-5-19(15)21-20(24)14-22-12-10-17(11-13-22)16-6-8-18(23)9-7-16/h6-9,15,17,19,23H,2-5,10-14H2,1H3,(H,21,24). The van der Waals surface area contributed by atoms with Gasteiger partial charge in [0.1, 0.15) is 5.75 Å². The van der Waals surface area contributed by atoms with E-state index in [1.807, 2.05) is 12.1 Å². The van der Waals surface area contributed by atoms with Crippen molar-refractivity contribution >= 4 is 5.91 Å². The van der Waals surface area contributed by atoms with Gasteiger partial charge in [0.05, 0.1) is 6.54 Å². The molecular weight excluding hydrogens is 300 g/mol. The molecule has 0 spiro atoms. The van der Waals surface area contributed by atoms with Crippen LogP contribution in [0.1, 0.15) is 56.9 Å². The van der Waals surface area contributed by atoms with Crippen LogP contribution in [0.25, 0.3) is 0 Å². The number of benzene rings is 1. The first-order chi connectivity index (χ1) is 11.6. The molecule has 2 atom stereocenters. The van der Waals surface area contributed by atoms with Gasteiger partial charge >= 0.3 is 0 Å². The number of hydrogen-bond acceptors (Lipinski definition) is 3. The van der Waals surface area contributed by atoms with Crippen LogP contribution >= 0.6 is 0 Å². The van der Waals surface area contributed by atoms with Crippen LogP contribution in [0.2, 0.25) is 0 Å². The molecule has 1 aliphatic heterocycles. The molecule has 2 aliphatic rings. The lowest BCUT2D eigenvalue weighted by Crippen LogP contribution is -2.47. The Morgan fingerprint density at radius 2 is 1.79 bits per heavy atom. The predicted octanol–water partition coefficient (Wildman–Crippen LogP) is 3.27. The summed E-state index contributed by atoms with van der Waals surface area (Å²) in [5, 5.41) is 12.7. The monoisotopic (exact) mass is 330 g/mol. The van der Waals surface area contributed by atoms with E-state index in [2.05, 4.69) is 17.1 Å². The van der Waals surface area contributed by atoms with Crippen LogP contribution in [-0.2, 0) is 4.79 Å². The smallest absolute Gasteiger partial charge is 0.234 e. The van der Waals surface area contributed by atoms with Crippen LogP contribution < -0.4 is 5.32 Å². The van der Waals surface area contributed by atoms with Crippen LogP contribution in [0.5, 0.6) is 5.75 Å². The van der Waals surface area contributed by atoms with E-state index < -0.39 is 0 Å². The number of rotatable bonds is 4. The molecule has 1 amide bonds. The van der Waals surface area contributed by atoms with E-state index in [1.54, 1.807) is 12.1 Å².